The number of aromatic amines is 1. The van der Waals surface area contributed by atoms with Gasteiger partial charge in [-0.2, -0.15) is 5.10 Å². The fraction of sp³-hybridized carbons (Fsp3) is 0.276. The van der Waals surface area contributed by atoms with E-state index in [1.165, 1.54) is 0 Å². The number of hydrogen-bond donors (Lipinski definition) is 1. The van der Waals surface area contributed by atoms with Crippen LogP contribution in [0.25, 0.3) is 11.0 Å². The van der Waals surface area contributed by atoms with Crippen molar-refractivity contribution in [1.29, 1.82) is 0 Å². The zero-order chi connectivity index (χ0) is 25.6. The second-order valence-corrected chi connectivity index (χ2v) is 9.42. The molecular formula is C29H31N5O3. The first-order valence-electron chi connectivity index (χ1n) is 12.5. The summed E-state index contributed by atoms with van der Waals surface area (Å²) >= 11 is 0. The molecule has 0 saturated carbocycles. The lowest BCUT2D eigenvalue weighted by atomic mass is 9.93. The average Bonchev–Trinajstić information content (AvgIpc) is 3.36. The van der Waals surface area contributed by atoms with E-state index in [0.717, 1.165) is 48.5 Å². The molecule has 2 aromatic heterocycles. The SMILES string of the molecule is CN(C)C/C=C/C(=O)N1CCCC(c2[nH]nc3nccc(Oc4ccc(Oc5ccccc5)cc4)c23)C1. The number of carbonyl (C=O) groups excluding carboxylic acids is 1. The van der Waals surface area contributed by atoms with E-state index in [1.807, 2.05) is 90.6 Å². The highest BCUT2D eigenvalue weighted by molar-refractivity contribution is 5.88. The minimum atomic E-state index is 0.0442. The Morgan fingerprint density at radius 1 is 1.05 bits per heavy atom. The van der Waals surface area contributed by atoms with Crippen LogP contribution in [-0.4, -0.2) is 64.6 Å². The Kier molecular flexibility index (Phi) is 7.46. The predicted molar refractivity (Wildman–Crippen MR) is 143 cm³/mol. The normalized spacial score (nSPS) is 16.0. The zero-order valence-electron chi connectivity index (χ0n) is 21.1. The Morgan fingerprint density at radius 3 is 2.54 bits per heavy atom. The van der Waals surface area contributed by atoms with Crippen LogP contribution in [0, 0.1) is 0 Å². The molecule has 0 radical (unpaired) electrons. The fourth-order valence-corrected chi connectivity index (χ4v) is 4.53. The van der Waals surface area contributed by atoms with Crippen molar-refractivity contribution < 1.29 is 14.3 Å². The number of pyridine rings is 1. The van der Waals surface area contributed by atoms with Crippen molar-refractivity contribution >= 4 is 16.9 Å². The summed E-state index contributed by atoms with van der Waals surface area (Å²) in [6.45, 7) is 2.12. The first-order chi connectivity index (χ1) is 18.1. The number of ether oxygens (including phenoxy) is 2. The van der Waals surface area contributed by atoms with Gasteiger partial charge in [0.1, 0.15) is 23.0 Å². The lowest BCUT2D eigenvalue weighted by Gasteiger charge is -2.31. The molecule has 1 saturated heterocycles. The number of nitrogens with zero attached hydrogens (tertiary/aromatic N) is 4. The number of amides is 1. The molecule has 0 aliphatic carbocycles. The van der Waals surface area contributed by atoms with Gasteiger partial charge in [-0.1, -0.05) is 24.3 Å². The molecule has 1 N–H and O–H groups in total. The van der Waals surface area contributed by atoms with E-state index in [0.29, 0.717) is 23.7 Å². The molecular weight excluding hydrogens is 466 g/mol. The van der Waals surface area contributed by atoms with E-state index in [2.05, 4.69) is 15.2 Å². The molecule has 1 atom stereocenters. The van der Waals surface area contributed by atoms with Crippen LogP contribution < -0.4 is 9.47 Å². The van der Waals surface area contributed by atoms with Crippen molar-refractivity contribution in [2.24, 2.45) is 0 Å². The van der Waals surface area contributed by atoms with Crippen LogP contribution in [0.1, 0.15) is 24.5 Å². The zero-order valence-corrected chi connectivity index (χ0v) is 21.1. The molecule has 0 spiro atoms. The Balaban J connectivity index is 1.32. The van der Waals surface area contributed by atoms with Crippen LogP contribution in [-0.2, 0) is 4.79 Å². The molecule has 190 valence electrons. The maximum Gasteiger partial charge on any atom is 0.246 e. The first-order valence-corrected chi connectivity index (χ1v) is 12.5. The summed E-state index contributed by atoms with van der Waals surface area (Å²) in [6.07, 6.45) is 7.17. The van der Waals surface area contributed by atoms with Gasteiger partial charge in [0.25, 0.3) is 0 Å². The Bertz CT molecular complexity index is 1370. The second-order valence-electron chi connectivity index (χ2n) is 9.42. The Labute approximate surface area is 216 Å². The third kappa shape index (κ3) is 5.98. The summed E-state index contributed by atoms with van der Waals surface area (Å²) in [7, 11) is 3.96. The summed E-state index contributed by atoms with van der Waals surface area (Å²) < 4.78 is 12.2. The van der Waals surface area contributed by atoms with Gasteiger partial charge in [-0.3, -0.25) is 9.89 Å². The molecule has 37 heavy (non-hydrogen) atoms. The van der Waals surface area contributed by atoms with E-state index >= 15 is 0 Å². The third-order valence-corrected chi connectivity index (χ3v) is 6.35. The Morgan fingerprint density at radius 2 is 1.78 bits per heavy atom. The molecule has 2 aromatic carbocycles. The number of para-hydroxylation sites is 1. The van der Waals surface area contributed by atoms with Crippen LogP contribution >= 0.6 is 0 Å². The molecule has 3 heterocycles. The van der Waals surface area contributed by atoms with Gasteiger partial charge in [0.15, 0.2) is 5.65 Å². The quantitative estimate of drug-likeness (QED) is 0.330. The van der Waals surface area contributed by atoms with Crippen LogP contribution in [0.3, 0.4) is 0 Å². The van der Waals surface area contributed by atoms with Gasteiger partial charge in [0.05, 0.1) is 11.1 Å². The van der Waals surface area contributed by atoms with Gasteiger partial charge < -0.3 is 19.3 Å². The lowest BCUT2D eigenvalue weighted by Crippen LogP contribution is -2.38. The topological polar surface area (TPSA) is 83.6 Å². The van der Waals surface area contributed by atoms with E-state index in [9.17, 15) is 4.79 Å². The molecule has 5 rings (SSSR count). The van der Waals surface area contributed by atoms with E-state index in [1.54, 1.807) is 12.3 Å². The minimum absolute atomic E-state index is 0.0442. The lowest BCUT2D eigenvalue weighted by molar-refractivity contribution is -0.127. The highest BCUT2D eigenvalue weighted by Gasteiger charge is 2.28. The molecule has 1 amide bonds. The number of H-pyrrole nitrogens is 1. The number of aromatic nitrogens is 3. The smallest absolute Gasteiger partial charge is 0.246 e. The molecule has 4 aromatic rings. The number of piperidine rings is 1. The number of carbonyl (C=O) groups is 1. The second kappa shape index (κ2) is 11.3. The number of hydrogen-bond acceptors (Lipinski definition) is 6. The van der Waals surface area contributed by atoms with Crippen LogP contribution in [0.15, 0.2) is 79.0 Å². The van der Waals surface area contributed by atoms with Crippen LogP contribution in [0.4, 0.5) is 0 Å². The summed E-state index contributed by atoms with van der Waals surface area (Å²) in [4.78, 5) is 21.1. The van der Waals surface area contributed by atoms with E-state index in [4.69, 9.17) is 9.47 Å². The van der Waals surface area contributed by atoms with Crippen LogP contribution in [0.5, 0.6) is 23.0 Å². The fourth-order valence-electron chi connectivity index (χ4n) is 4.53. The average molecular weight is 498 g/mol. The molecule has 1 unspecified atom stereocenters. The summed E-state index contributed by atoms with van der Waals surface area (Å²) in [5.41, 5.74) is 1.56. The van der Waals surface area contributed by atoms with Crippen molar-refractivity contribution in [3.05, 3.63) is 84.7 Å². The van der Waals surface area contributed by atoms with Crippen molar-refractivity contribution in [2.75, 3.05) is 33.7 Å². The summed E-state index contributed by atoms with van der Waals surface area (Å²) in [6, 6.07) is 19.0. The third-order valence-electron chi connectivity index (χ3n) is 6.35. The van der Waals surface area contributed by atoms with Crippen molar-refractivity contribution in [3.8, 4) is 23.0 Å². The van der Waals surface area contributed by atoms with Gasteiger partial charge in [-0.25, -0.2) is 4.98 Å². The number of fused-ring (bicyclic) bond motifs is 1. The minimum Gasteiger partial charge on any atom is -0.457 e. The molecule has 1 aliphatic rings. The molecule has 1 fully saturated rings. The number of benzene rings is 2. The van der Waals surface area contributed by atoms with Crippen LogP contribution in [0.2, 0.25) is 0 Å². The van der Waals surface area contributed by atoms with Crippen molar-refractivity contribution in [1.82, 2.24) is 25.0 Å². The molecule has 1 aliphatic heterocycles. The summed E-state index contributed by atoms with van der Waals surface area (Å²) in [5, 5.41) is 8.48. The standard InChI is InChI=1S/C29H31N5O3/c1-33(2)18-7-11-26(35)34-19-6-8-21(20-34)28-27-25(16-17-30-29(27)32-31-28)37-24-14-12-23(13-15-24)36-22-9-4-3-5-10-22/h3-5,7,9-17,21H,6,8,18-20H2,1-2H3,(H,30,31,32)/b11-7+. The van der Waals surface area contributed by atoms with Gasteiger partial charge in [0.2, 0.25) is 5.91 Å². The summed E-state index contributed by atoms with van der Waals surface area (Å²) in [5.74, 6) is 3.05. The highest BCUT2D eigenvalue weighted by atomic mass is 16.5. The molecule has 0 bridgehead atoms. The van der Waals surface area contributed by atoms with Gasteiger partial charge in [0, 0.05) is 37.8 Å². The predicted octanol–water partition coefficient (Wildman–Crippen LogP) is 5.37. The number of likely N-dealkylation sites (tertiary alicyclic amines) is 1. The monoisotopic (exact) mass is 497 g/mol. The maximum atomic E-state index is 12.8. The van der Waals surface area contributed by atoms with Gasteiger partial charge in [-0.15, -0.1) is 0 Å². The van der Waals surface area contributed by atoms with E-state index < -0.39 is 0 Å². The molecule has 8 heteroatoms. The van der Waals surface area contributed by atoms with Crippen molar-refractivity contribution in [3.63, 3.8) is 0 Å². The number of nitrogens with one attached hydrogen (secondary N) is 1. The first kappa shape index (κ1) is 24.5. The van der Waals surface area contributed by atoms with E-state index in [-0.39, 0.29) is 11.8 Å². The maximum absolute atomic E-state index is 12.8. The number of rotatable bonds is 8. The largest absolute Gasteiger partial charge is 0.457 e. The highest BCUT2D eigenvalue weighted by Crippen LogP contribution is 2.37. The number of likely N-dealkylation sites (N-methyl/N-ethyl adjacent to an activating group) is 1. The molecule has 8 nitrogen and oxygen atoms in total. The van der Waals surface area contributed by atoms with Crippen molar-refractivity contribution in [2.45, 2.75) is 18.8 Å². The van der Waals surface area contributed by atoms with Gasteiger partial charge >= 0.3 is 0 Å². The van der Waals surface area contributed by atoms with Gasteiger partial charge in [-0.05, 0) is 69.4 Å². The Hall–Kier alpha value is -4.17.